The van der Waals surface area contributed by atoms with Crippen molar-refractivity contribution in [3.8, 4) is 0 Å². The third-order valence-electron chi connectivity index (χ3n) is 6.82. The molecule has 0 radical (unpaired) electrons. The van der Waals surface area contributed by atoms with Crippen molar-refractivity contribution in [1.29, 1.82) is 0 Å². The Hall–Kier alpha value is -1.81. The highest BCUT2D eigenvalue weighted by Crippen LogP contribution is 2.43. The second kappa shape index (κ2) is 11.5. The molecule has 1 aromatic carbocycles. The maximum atomic E-state index is 12.7. The fraction of sp³-hybridized carbons (Fsp3) is 0.654. The minimum atomic E-state index is -0.605. The monoisotopic (exact) mass is 413 g/mol. The molecule has 0 saturated carbocycles. The first-order valence-electron chi connectivity index (χ1n) is 11.9. The Morgan fingerprint density at radius 3 is 2.27 bits per heavy atom. The minimum Gasteiger partial charge on any atom is -0.445 e. The van der Waals surface area contributed by atoms with Gasteiger partial charge < -0.3 is 14.7 Å². The molecule has 2 bridgehead atoms. The molecule has 4 nitrogen and oxygen atoms in total. The number of hydrogen-bond acceptors (Lipinski definition) is 3. The number of unbranched alkanes of at least 4 members (excludes halogenated alkanes) is 7. The van der Waals surface area contributed by atoms with E-state index in [9.17, 15) is 9.90 Å². The molecule has 2 saturated heterocycles. The van der Waals surface area contributed by atoms with Crippen LogP contribution >= 0.6 is 0 Å². The zero-order valence-electron chi connectivity index (χ0n) is 18.4. The lowest BCUT2D eigenvalue weighted by Crippen LogP contribution is -2.53. The predicted octanol–water partition coefficient (Wildman–Crippen LogP) is 6.38. The van der Waals surface area contributed by atoms with Gasteiger partial charge in [-0.15, -0.1) is 6.58 Å². The number of nitrogens with zero attached hydrogens (tertiary/aromatic N) is 1. The Labute approximate surface area is 182 Å². The number of carbonyl (C=O) groups excluding carboxylic acids is 1. The van der Waals surface area contributed by atoms with E-state index in [4.69, 9.17) is 4.74 Å². The number of rotatable bonds is 12. The number of benzene rings is 1. The van der Waals surface area contributed by atoms with E-state index in [-0.39, 0.29) is 18.2 Å². The van der Waals surface area contributed by atoms with Crippen LogP contribution in [0.1, 0.15) is 89.0 Å². The third-order valence-corrected chi connectivity index (χ3v) is 6.82. The van der Waals surface area contributed by atoms with Crippen LogP contribution in [-0.2, 0) is 11.3 Å². The molecule has 3 rings (SSSR count). The van der Waals surface area contributed by atoms with Crippen LogP contribution in [0, 0.1) is 0 Å². The van der Waals surface area contributed by atoms with Gasteiger partial charge in [-0.25, -0.2) is 4.79 Å². The summed E-state index contributed by atoms with van der Waals surface area (Å²) in [6.07, 6.45) is 15.9. The number of amides is 1. The molecule has 2 unspecified atom stereocenters. The van der Waals surface area contributed by atoms with Crippen LogP contribution in [-0.4, -0.2) is 33.8 Å². The molecule has 2 atom stereocenters. The van der Waals surface area contributed by atoms with Crippen molar-refractivity contribution >= 4 is 6.09 Å². The summed E-state index contributed by atoms with van der Waals surface area (Å²) in [7, 11) is 0. The molecule has 2 fully saturated rings. The number of hydrogen-bond donors (Lipinski definition) is 1. The fourth-order valence-corrected chi connectivity index (χ4v) is 5.25. The van der Waals surface area contributed by atoms with Gasteiger partial charge in [-0.2, -0.15) is 0 Å². The number of fused-ring (bicyclic) bond motifs is 2. The molecule has 166 valence electrons. The summed E-state index contributed by atoms with van der Waals surface area (Å²) < 4.78 is 5.58. The van der Waals surface area contributed by atoms with E-state index in [1.54, 1.807) is 0 Å². The van der Waals surface area contributed by atoms with Gasteiger partial charge in [0.05, 0.1) is 5.60 Å². The lowest BCUT2D eigenvalue weighted by molar-refractivity contribution is -0.0554. The predicted molar refractivity (Wildman–Crippen MR) is 121 cm³/mol. The van der Waals surface area contributed by atoms with Gasteiger partial charge in [0.2, 0.25) is 0 Å². The molecule has 1 aromatic rings. The largest absolute Gasteiger partial charge is 0.445 e. The van der Waals surface area contributed by atoms with Crippen molar-refractivity contribution in [1.82, 2.24) is 4.90 Å². The second-order valence-electron chi connectivity index (χ2n) is 9.27. The van der Waals surface area contributed by atoms with E-state index in [0.29, 0.717) is 19.4 Å². The first-order chi connectivity index (χ1) is 14.6. The van der Waals surface area contributed by atoms with Crippen molar-refractivity contribution in [2.45, 2.75) is 108 Å². The Kier molecular flexibility index (Phi) is 8.80. The van der Waals surface area contributed by atoms with Crippen LogP contribution in [0.4, 0.5) is 4.79 Å². The Morgan fingerprint density at radius 1 is 1.03 bits per heavy atom. The average molecular weight is 414 g/mol. The van der Waals surface area contributed by atoms with E-state index in [1.807, 2.05) is 41.3 Å². The third kappa shape index (κ3) is 6.60. The average Bonchev–Trinajstić information content (AvgIpc) is 3.04. The van der Waals surface area contributed by atoms with Gasteiger partial charge in [0.1, 0.15) is 6.61 Å². The maximum absolute atomic E-state index is 12.7. The molecule has 2 aliphatic heterocycles. The summed E-state index contributed by atoms with van der Waals surface area (Å²) in [4.78, 5) is 14.6. The number of piperidine rings is 1. The van der Waals surface area contributed by atoms with Gasteiger partial charge in [0.25, 0.3) is 0 Å². The quantitative estimate of drug-likeness (QED) is 0.319. The maximum Gasteiger partial charge on any atom is 0.410 e. The Morgan fingerprint density at radius 2 is 1.63 bits per heavy atom. The number of carbonyl (C=O) groups is 1. The standard InChI is InChI=1S/C26H39NO3/c1-2-3-4-5-6-7-8-9-13-18-26(29)19-23-16-17-24(20-26)27(23)25(28)30-21-22-14-11-10-12-15-22/h2,10-12,14-15,23-24,29H,1,3-9,13,16-21H2. The topological polar surface area (TPSA) is 49.8 Å². The second-order valence-corrected chi connectivity index (χ2v) is 9.27. The smallest absolute Gasteiger partial charge is 0.410 e. The summed E-state index contributed by atoms with van der Waals surface area (Å²) in [5, 5.41) is 11.2. The first kappa shape index (κ1) is 22.9. The highest BCUT2D eigenvalue weighted by atomic mass is 16.6. The number of allylic oxidation sites excluding steroid dienone is 1. The lowest BCUT2D eigenvalue weighted by Gasteiger charge is -2.43. The molecular formula is C26H39NO3. The van der Waals surface area contributed by atoms with Crippen molar-refractivity contribution in [2.75, 3.05) is 0 Å². The molecule has 4 heteroatoms. The van der Waals surface area contributed by atoms with Gasteiger partial charge in [-0.05, 0) is 50.5 Å². The highest BCUT2D eigenvalue weighted by Gasteiger charge is 2.49. The highest BCUT2D eigenvalue weighted by molar-refractivity contribution is 5.69. The van der Waals surface area contributed by atoms with Gasteiger partial charge in [-0.3, -0.25) is 0 Å². The lowest BCUT2D eigenvalue weighted by atomic mass is 9.82. The van der Waals surface area contributed by atoms with Crippen molar-refractivity contribution in [3.05, 3.63) is 48.6 Å². The molecule has 2 heterocycles. The van der Waals surface area contributed by atoms with E-state index in [0.717, 1.165) is 37.7 Å². The van der Waals surface area contributed by atoms with E-state index in [1.165, 1.54) is 38.5 Å². The van der Waals surface area contributed by atoms with Gasteiger partial charge >= 0.3 is 6.09 Å². The molecule has 0 spiro atoms. The molecule has 0 aromatic heterocycles. The fourth-order valence-electron chi connectivity index (χ4n) is 5.25. The van der Waals surface area contributed by atoms with E-state index < -0.39 is 5.60 Å². The normalized spacial score (nSPS) is 25.3. The van der Waals surface area contributed by atoms with Crippen LogP contribution in [0.5, 0.6) is 0 Å². The Balaban J connectivity index is 1.36. The molecule has 2 aliphatic rings. The summed E-state index contributed by atoms with van der Waals surface area (Å²) >= 11 is 0. The molecule has 30 heavy (non-hydrogen) atoms. The summed E-state index contributed by atoms with van der Waals surface area (Å²) in [5.41, 5.74) is 0.402. The first-order valence-corrected chi connectivity index (χ1v) is 11.9. The van der Waals surface area contributed by atoms with Crippen LogP contribution in [0.25, 0.3) is 0 Å². The zero-order chi connectivity index (χ0) is 21.2. The summed E-state index contributed by atoms with van der Waals surface area (Å²) in [6, 6.07) is 10.1. The zero-order valence-corrected chi connectivity index (χ0v) is 18.4. The van der Waals surface area contributed by atoms with Crippen LogP contribution < -0.4 is 0 Å². The van der Waals surface area contributed by atoms with Gasteiger partial charge in [0.15, 0.2) is 0 Å². The van der Waals surface area contributed by atoms with Gasteiger partial charge in [0, 0.05) is 12.1 Å². The molecule has 0 aliphatic carbocycles. The summed E-state index contributed by atoms with van der Waals surface area (Å²) in [5.74, 6) is 0. The molecule has 1 N–H and O–H groups in total. The number of ether oxygens (including phenoxy) is 1. The molecule has 1 amide bonds. The van der Waals surface area contributed by atoms with E-state index >= 15 is 0 Å². The van der Waals surface area contributed by atoms with Crippen LogP contribution in [0.15, 0.2) is 43.0 Å². The van der Waals surface area contributed by atoms with Crippen molar-refractivity contribution in [2.24, 2.45) is 0 Å². The van der Waals surface area contributed by atoms with E-state index in [2.05, 4.69) is 6.58 Å². The summed E-state index contributed by atoms with van der Waals surface area (Å²) in [6.45, 7) is 4.08. The molecular weight excluding hydrogens is 374 g/mol. The van der Waals surface area contributed by atoms with Crippen molar-refractivity contribution < 1.29 is 14.6 Å². The van der Waals surface area contributed by atoms with Crippen molar-refractivity contribution in [3.63, 3.8) is 0 Å². The number of aliphatic hydroxyl groups is 1. The Bertz CT molecular complexity index is 646. The van der Waals surface area contributed by atoms with Crippen LogP contribution in [0.2, 0.25) is 0 Å². The van der Waals surface area contributed by atoms with Gasteiger partial charge in [-0.1, -0.05) is 74.9 Å². The SMILES string of the molecule is C=CCCCCCCCCCC1(O)CC2CCC(C1)N2C(=O)OCc1ccccc1. The minimum absolute atomic E-state index is 0.127. The van der Waals surface area contributed by atoms with Crippen LogP contribution in [0.3, 0.4) is 0 Å².